The third kappa shape index (κ3) is 11.1. The topological polar surface area (TPSA) is 38.5 Å². The summed E-state index contributed by atoms with van der Waals surface area (Å²) in [5.74, 6) is 2.16. The predicted octanol–water partition coefficient (Wildman–Crippen LogP) is 23.8. The van der Waals surface area contributed by atoms with E-state index in [4.69, 9.17) is 9.72 Å². The van der Waals surface area contributed by atoms with Gasteiger partial charge in [0.05, 0.1) is 5.69 Å². The Morgan fingerprint density at radius 1 is 0.330 bits per heavy atom. The molecule has 0 saturated carbocycles. The molecule has 14 aromatic rings. The van der Waals surface area contributed by atoms with E-state index in [1.807, 2.05) is 0 Å². The van der Waals surface area contributed by atoms with Gasteiger partial charge in [0.25, 0.3) is 0 Å². The van der Waals surface area contributed by atoms with Gasteiger partial charge in [0.2, 0.25) is 0 Å². The number of ether oxygens (including phenoxy) is 1. The Morgan fingerprint density at radius 3 is 1.38 bits per heavy atom. The first-order valence-corrected chi connectivity index (χ1v) is 33.4. The zero-order chi connectivity index (χ0) is 64.2. The Balaban J connectivity index is 0.939. The number of hydrogen-bond acceptors (Lipinski definition) is 4. The van der Waals surface area contributed by atoms with E-state index in [9.17, 15) is 0 Å². The molecule has 94 heavy (non-hydrogen) atoms. The molecule has 1 aliphatic rings. The number of benzene rings is 12. The molecule has 2 aromatic heterocycles. The number of pyridine rings is 1. The number of nitrogens with zero attached hydrogens (tertiary/aromatic N) is 5. The van der Waals surface area contributed by atoms with Gasteiger partial charge >= 0.3 is 306 Å². The molecule has 3 heterocycles. The molecule has 0 amide bonds. The van der Waals surface area contributed by atoms with Gasteiger partial charge in [-0.1, -0.05) is 145 Å². The average Bonchev–Trinajstić information content (AvgIpc) is 1.23. The van der Waals surface area contributed by atoms with Gasteiger partial charge in [-0.15, -0.1) is 0 Å². The van der Waals surface area contributed by atoms with E-state index in [1.54, 1.807) is 0 Å². The maximum absolute atomic E-state index is 7.33. The van der Waals surface area contributed by atoms with Gasteiger partial charge in [0.1, 0.15) is 0 Å². The molecule has 7 heteroatoms. The fourth-order valence-electron chi connectivity index (χ4n) is 13.4. The number of aryl methyl sites for hydroxylation is 1. The Hall–Kier alpha value is -10.7. The van der Waals surface area contributed by atoms with Crippen LogP contribution in [0.25, 0.3) is 89.2 Å². The first kappa shape index (κ1) is 59.6. The summed E-state index contributed by atoms with van der Waals surface area (Å²) in [5.41, 5.74) is 26.0. The van der Waals surface area contributed by atoms with Crippen molar-refractivity contribution in [1.29, 1.82) is 0 Å². The molecule has 15 rings (SSSR count). The van der Waals surface area contributed by atoms with Gasteiger partial charge in [0.15, 0.2) is 0 Å². The molecule has 0 N–H and O–H groups in total. The van der Waals surface area contributed by atoms with Gasteiger partial charge in [0, 0.05) is 23.0 Å². The number of imidazole rings is 1. The van der Waals surface area contributed by atoms with Crippen LogP contribution in [0.5, 0.6) is 11.5 Å². The summed E-state index contributed by atoms with van der Waals surface area (Å²) in [7, 11) is 0. The standard InChI is InChI=1S/C87H71N5O.Pt/c1-59-52-84(88-57-77(59)64-44-42-61(43-45-64)60-26-12-8-13-27-60)92-78-39-21-20-36-73(78)75-53-65(86(2,3)4)46-50-79(75)91(67-32-18-11-19-33-67)80-51-47-66(87(5,6)7)54-76(80)74-49-48-70(56-83(74)92)93-69-35-24-34-68(55-69)89-58-90(82-41-23-22-40-81(82)89)85-71(62-28-14-9-15-29-62)37-25-38-72(85)63-30-16-10-17-31-63;/h8-57H,1-7H3;. The third-order valence-electron chi connectivity index (χ3n) is 18.2. The van der Waals surface area contributed by atoms with Gasteiger partial charge < -0.3 is 4.90 Å². The van der Waals surface area contributed by atoms with E-state index in [1.165, 1.54) is 22.3 Å². The second-order valence-corrected chi connectivity index (χ2v) is 27.4. The van der Waals surface area contributed by atoms with Crippen molar-refractivity contribution in [1.82, 2.24) is 14.1 Å². The quantitative estimate of drug-likeness (QED) is 0.137. The van der Waals surface area contributed by atoms with Crippen molar-refractivity contribution in [2.24, 2.45) is 0 Å². The molecule has 0 radical (unpaired) electrons. The molecular formula is C87H71N5OPt. The zero-order valence-electron chi connectivity index (χ0n) is 53.8. The van der Waals surface area contributed by atoms with Crippen LogP contribution in [0, 0.1) is 10.7 Å². The van der Waals surface area contributed by atoms with Crippen molar-refractivity contribution in [3.05, 3.63) is 324 Å². The van der Waals surface area contributed by atoms with Crippen molar-refractivity contribution in [2.75, 3.05) is 9.80 Å². The van der Waals surface area contributed by atoms with Crippen molar-refractivity contribution in [3.63, 3.8) is 0 Å². The van der Waals surface area contributed by atoms with E-state index in [-0.39, 0.29) is 10.8 Å². The van der Waals surface area contributed by atoms with Crippen LogP contribution in [-0.2, 0) is 30.2 Å². The summed E-state index contributed by atoms with van der Waals surface area (Å²) in [5, 5.41) is 0. The minimum atomic E-state index is -0.173. The van der Waals surface area contributed by atoms with Crippen molar-refractivity contribution in [2.45, 2.75) is 59.3 Å². The normalized spacial score (nSPS) is 12.2. The van der Waals surface area contributed by atoms with Crippen molar-refractivity contribution >= 4 is 45.3 Å². The Morgan fingerprint density at radius 2 is 0.787 bits per heavy atom. The van der Waals surface area contributed by atoms with Crippen LogP contribution >= 0.6 is 0 Å². The van der Waals surface area contributed by atoms with Gasteiger partial charge in [-0.2, -0.15) is 0 Å². The van der Waals surface area contributed by atoms with E-state index < -0.39 is 0 Å². The summed E-state index contributed by atoms with van der Waals surface area (Å²) in [6.07, 6.45) is 2.06. The molecule has 0 spiro atoms. The van der Waals surface area contributed by atoms with E-state index >= 15 is 0 Å². The summed E-state index contributed by atoms with van der Waals surface area (Å²) in [6.45, 7) is 16.0. The van der Waals surface area contributed by atoms with Gasteiger partial charge in [-0.05, 0) is 81.5 Å². The first-order valence-electron chi connectivity index (χ1n) is 32.2. The van der Waals surface area contributed by atoms with Crippen LogP contribution in [0.2, 0.25) is 0 Å². The molecule has 0 atom stereocenters. The Labute approximate surface area is 562 Å². The second kappa shape index (κ2) is 24.4. The molecular weight excluding hydrogens is 1330 g/mol. The van der Waals surface area contributed by atoms with Gasteiger partial charge in [-0.3, -0.25) is 0 Å². The van der Waals surface area contributed by atoms with Crippen molar-refractivity contribution in [3.8, 4) is 89.6 Å². The van der Waals surface area contributed by atoms with Crippen LogP contribution in [0.15, 0.2) is 303 Å². The number of rotatable bonds is 10. The molecule has 12 aromatic carbocycles. The minimum absolute atomic E-state index is 0.145. The molecule has 0 fully saturated rings. The Bertz CT molecular complexity index is 5160. The smallest absolute Gasteiger partial charge is 0.0622 e. The third-order valence-corrected chi connectivity index (χ3v) is 19.2. The van der Waals surface area contributed by atoms with Crippen LogP contribution in [0.3, 0.4) is 0 Å². The van der Waals surface area contributed by atoms with Crippen LogP contribution in [-0.4, -0.2) is 14.1 Å². The number of aromatic nitrogens is 3. The molecule has 0 unspecified atom stereocenters. The van der Waals surface area contributed by atoms with E-state index in [0.717, 1.165) is 122 Å². The van der Waals surface area contributed by atoms with Gasteiger partial charge in [-0.25, -0.2) is 0 Å². The molecule has 0 aliphatic carbocycles. The van der Waals surface area contributed by atoms with E-state index in [2.05, 4.69) is 390 Å². The molecule has 1 aliphatic heterocycles. The van der Waals surface area contributed by atoms with Crippen LogP contribution < -0.4 is 14.5 Å². The minimum Gasteiger partial charge on any atom is -0.0622 e. The number of hydrogen-bond donors (Lipinski definition) is 0. The predicted molar refractivity (Wildman–Crippen MR) is 388 cm³/mol. The summed E-state index contributed by atoms with van der Waals surface area (Å²) >= 11 is 2.53. The fourth-order valence-corrected chi connectivity index (χ4v) is 14.5. The summed E-state index contributed by atoms with van der Waals surface area (Å²) in [6, 6.07) is 108. The number of para-hydroxylation sites is 5. The van der Waals surface area contributed by atoms with E-state index in [0.29, 0.717) is 11.5 Å². The second-order valence-electron chi connectivity index (χ2n) is 26.4. The van der Waals surface area contributed by atoms with Crippen LogP contribution in [0.4, 0.5) is 34.3 Å². The number of fused-ring (bicyclic) bond motifs is 7. The summed E-state index contributed by atoms with van der Waals surface area (Å²) < 4.78 is 13.1. The zero-order valence-corrected chi connectivity index (χ0v) is 56.1. The van der Waals surface area contributed by atoms with Crippen molar-refractivity contribution < 1.29 is 24.1 Å². The Kier molecular flexibility index (Phi) is 15.5. The fraction of sp³-hybridized carbons (Fsp3) is 0.103. The monoisotopic (exact) mass is 1400 g/mol. The number of anilines is 6. The first-order chi connectivity index (χ1) is 45.7. The molecule has 6 nitrogen and oxygen atoms in total. The SMILES string of the molecule is Cc1cc(N2c3ccccc3-c3cc(C(C)(C)C)ccc3N(c3ccccc3)c3ccc(C(C)(C)C)cc3-c3ccc(Oc4cccc(-n5[c](=[Pt])n(-c6c(-c7ccccc7)cccc6-c6ccccc6)c6ccccc65)c4)cc32)ncc1-c1ccc(-c2ccccc2)cc1. The molecule has 0 saturated heterocycles. The molecule has 460 valence electrons. The average molecular weight is 1400 g/mol. The van der Waals surface area contributed by atoms with Crippen LogP contribution in [0.1, 0.15) is 58.2 Å². The maximum atomic E-state index is 7.33. The molecule has 0 bridgehead atoms. The summed E-state index contributed by atoms with van der Waals surface area (Å²) in [4.78, 5) is 10.4.